The van der Waals surface area contributed by atoms with Crippen molar-refractivity contribution in [2.75, 3.05) is 20.1 Å². The summed E-state index contributed by atoms with van der Waals surface area (Å²) in [5.74, 6) is 0.0617. The average Bonchev–Trinajstić information content (AvgIpc) is 2.00. The first-order chi connectivity index (χ1) is 6.06. The first kappa shape index (κ1) is 10.5. The Bertz CT molecular complexity index is 224. The number of carbonyl (C=O) groups excluding carboxylic acids is 2. The summed E-state index contributed by atoms with van der Waals surface area (Å²) in [6.07, 6.45) is 0. The van der Waals surface area contributed by atoms with Gasteiger partial charge in [-0.05, 0) is 6.92 Å². The van der Waals surface area contributed by atoms with E-state index in [9.17, 15) is 9.59 Å². The van der Waals surface area contributed by atoms with Crippen LogP contribution in [0, 0.1) is 5.92 Å². The van der Waals surface area contributed by atoms with Crippen LogP contribution in [0.5, 0.6) is 0 Å². The highest BCUT2D eigenvalue weighted by Gasteiger charge is 2.35. The van der Waals surface area contributed by atoms with E-state index in [1.807, 2.05) is 0 Å². The summed E-state index contributed by atoms with van der Waals surface area (Å²) in [5.41, 5.74) is 0. The van der Waals surface area contributed by atoms with Gasteiger partial charge in [0.1, 0.15) is 0 Å². The van der Waals surface area contributed by atoms with Gasteiger partial charge in [0, 0.05) is 20.1 Å². The number of nitrogens with zero attached hydrogens (tertiary/aromatic N) is 1. The van der Waals surface area contributed by atoms with Crippen LogP contribution >= 0.6 is 15.9 Å². The molecule has 0 spiro atoms. The predicted octanol–water partition coefficient (Wildman–Crippen LogP) is -0.0258. The van der Waals surface area contributed by atoms with Gasteiger partial charge >= 0.3 is 0 Å². The van der Waals surface area contributed by atoms with Crippen molar-refractivity contribution in [3.63, 3.8) is 0 Å². The largest absolute Gasteiger partial charge is 0.359 e. The SMILES string of the molecule is CNC(=O)C1CN(C(=O)C(C)Br)C1. The number of hydrogen-bond acceptors (Lipinski definition) is 2. The molecule has 1 unspecified atom stereocenters. The number of amides is 2. The number of rotatable bonds is 2. The van der Waals surface area contributed by atoms with E-state index in [-0.39, 0.29) is 22.6 Å². The van der Waals surface area contributed by atoms with Gasteiger partial charge in [0.25, 0.3) is 0 Å². The number of hydrogen-bond donors (Lipinski definition) is 1. The normalized spacial score (nSPS) is 19.2. The number of likely N-dealkylation sites (tertiary alicyclic amines) is 1. The summed E-state index contributed by atoms with van der Waals surface area (Å²) in [6.45, 7) is 2.89. The molecular formula is C8H13BrN2O2. The van der Waals surface area contributed by atoms with Crippen molar-refractivity contribution in [1.29, 1.82) is 0 Å². The van der Waals surface area contributed by atoms with Crippen LogP contribution < -0.4 is 5.32 Å². The maximum atomic E-state index is 11.3. The Morgan fingerprint density at radius 3 is 2.46 bits per heavy atom. The topological polar surface area (TPSA) is 49.4 Å². The lowest BCUT2D eigenvalue weighted by atomic mass is 9.99. The van der Waals surface area contributed by atoms with Gasteiger partial charge in [-0.1, -0.05) is 15.9 Å². The number of alkyl halides is 1. The molecule has 1 saturated heterocycles. The zero-order valence-corrected chi connectivity index (χ0v) is 9.30. The van der Waals surface area contributed by atoms with Crippen LogP contribution in [0.2, 0.25) is 0 Å². The zero-order valence-electron chi connectivity index (χ0n) is 7.71. The monoisotopic (exact) mass is 248 g/mol. The first-order valence-corrected chi connectivity index (χ1v) is 5.12. The van der Waals surface area contributed by atoms with Crippen molar-refractivity contribution >= 4 is 27.7 Å². The second-order valence-corrected chi connectivity index (χ2v) is 4.54. The number of nitrogens with one attached hydrogen (secondary N) is 1. The number of carbonyl (C=O) groups is 2. The predicted molar refractivity (Wildman–Crippen MR) is 52.5 cm³/mol. The van der Waals surface area contributed by atoms with E-state index in [1.54, 1.807) is 18.9 Å². The van der Waals surface area contributed by atoms with Crippen molar-refractivity contribution in [3.8, 4) is 0 Å². The van der Waals surface area contributed by atoms with Crippen LogP contribution in [0.4, 0.5) is 0 Å². The highest BCUT2D eigenvalue weighted by molar-refractivity contribution is 9.10. The summed E-state index contributed by atoms with van der Waals surface area (Å²) in [7, 11) is 1.61. The molecule has 1 heterocycles. The molecule has 0 aromatic heterocycles. The van der Waals surface area contributed by atoms with Crippen LogP contribution in [0.3, 0.4) is 0 Å². The quantitative estimate of drug-likeness (QED) is 0.699. The molecule has 0 saturated carbocycles. The van der Waals surface area contributed by atoms with E-state index >= 15 is 0 Å². The van der Waals surface area contributed by atoms with Crippen molar-refractivity contribution in [3.05, 3.63) is 0 Å². The summed E-state index contributed by atoms with van der Waals surface area (Å²) < 4.78 is 0. The molecule has 1 atom stereocenters. The maximum absolute atomic E-state index is 11.3. The highest BCUT2D eigenvalue weighted by Crippen LogP contribution is 2.18. The van der Waals surface area contributed by atoms with Crippen molar-refractivity contribution in [1.82, 2.24) is 10.2 Å². The van der Waals surface area contributed by atoms with Gasteiger partial charge in [-0.2, -0.15) is 0 Å². The van der Waals surface area contributed by atoms with Crippen LogP contribution in [0.15, 0.2) is 0 Å². The Hall–Kier alpha value is -0.580. The summed E-state index contributed by atoms with van der Waals surface area (Å²) in [6, 6.07) is 0. The van der Waals surface area contributed by atoms with Crippen molar-refractivity contribution < 1.29 is 9.59 Å². The molecule has 0 bridgehead atoms. The van der Waals surface area contributed by atoms with Crippen molar-refractivity contribution in [2.24, 2.45) is 5.92 Å². The first-order valence-electron chi connectivity index (χ1n) is 4.20. The third kappa shape index (κ3) is 2.21. The minimum atomic E-state index is -0.155. The fourth-order valence-electron chi connectivity index (χ4n) is 1.28. The summed E-state index contributed by atoms with van der Waals surface area (Å²) >= 11 is 3.20. The molecule has 0 radical (unpaired) electrons. The standard InChI is InChI=1S/C8H13BrN2O2/c1-5(9)8(13)11-3-6(4-11)7(12)10-2/h5-6H,3-4H2,1-2H3,(H,10,12). The Morgan fingerprint density at radius 2 is 2.08 bits per heavy atom. The molecule has 74 valence electrons. The molecule has 1 fully saturated rings. The van der Waals surface area contributed by atoms with Gasteiger partial charge in [-0.15, -0.1) is 0 Å². The zero-order chi connectivity index (χ0) is 10.0. The van der Waals surface area contributed by atoms with Gasteiger partial charge in [0.15, 0.2) is 0 Å². The number of halogens is 1. The average molecular weight is 249 g/mol. The van der Waals surface area contributed by atoms with E-state index in [4.69, 9.17) is 0 Å². The fourth-order valence-corrected chi connectivity index (χ4v) is 1.57. The second kappa shape index (κ2) is 4.09. The molecule has 1 aliphatic rings. The molecular weight excluding hydrogens is 236 g/mol. The molecule has 1 rings (SSSR count). The maximum Gasteiger partial charge on any atom is 0.236 e. The van der Waals surface area contributed by atoms with E-state index in [1.165, 1.54) is 0 Å². The van der Waals surface area contributed by atoms with Gasteiger partial charge in [0.05, 0.1) is 10.7 Å². The Labute approximate surface area is 85.8 Å². The van der Waals surface area contributed by atoms with E-state index in [0.29, 0.717) is 13.1 Å². The lowest BCUT2D eigenvalue weighted by molar-refractivity contribution is -0.142. The smallest absolute Gasteiger partial charge is 0.236 e. The van der Waals surface area contributed by atoms with Crippen LogP contribution in [-0.2, 0) is 9.59 Å². The van der Waals surface area contributed by atoms with Crippen LogP contribution in [0.25, 0.3) is 0 Å². The lowest BCUT2D eigenvalue weighted by Gasteiger charge is -2.38. The minimum absolute atomic E-state index is 0.0137. The molecule has 5 heteroatoms. The summed E-state index contributed by atoms with van der Waals surface area (Å²) in [5, 5.41) is 2.57. The van der Waals surface area contributed by atoms with E-state index < -0.39 is 0 Å². The molecule has 1 aliphatic heterocycles. The molecule has 2 amide bonds. The Balaban J connectivity index is 2.33. The van der Waals surface area contributed by atoms with Gasteiger partial charge in [-0.3, -0.25) is 9.59 Å². The van der Waals surface area contributed by atoms with Crippen LogP contribution in [0.1, 0.15) is 6.92 Å². The fraction of sp³-hybridized carbons (Fsp3) is 0.750. The van der Waals surface area contributed by atoms with Crippen molar-refractivity contribution in [2.45, 2.75) is 11.8 Å². The second-order valence-electron chi connectivity index (χ2n) is 3.17. The van der Waals surface area contributed by atoms with Gasteiger partial charge < -0.3 is 10.2 Å². The van der Waals surface area contributed by atoms with Crippen LogP contribution in [-0.4, -0.2) is 41.7 Å². The van der Waals surface area contributed by atoms with E-state index in [0.717, 1.165) is 0 Å². The Kier molecular flexibility index (Phi) is 3.30. The molecule has 4 nitrogen and oxygen atoms in total. The molecule has 0 aromatic carbocycles. The third-order valence-electron chi connectivity index (χ3n) is 2.15. The van der Waals surface area contributed by atoms with Gasteiger partial charge in [-0.25, -0.2) is 0 Å². The lowest BCUT2D eigenvalue weighted by Crippen LogP contribution is -2.56. The highest BCUT2D eigenvalue weighted by atomic mass is 79.9. The summed E-state index contributed by atoms with van der Waals surface area (Å²) in [4.78, 5) is 23.9. The minimum Gasteiger partial charge on any atom is -0.359 e. The van der Waals surface area contributed by atoms with E-state index in [2.05, 4.69) is 21.2 Å². The molecule has 1 N–H and O–H groups in total. The molecule has 0 aromatic rings. The molecule has 0 aliphatic carbocycles. The van der Waals surface area contributed by atoms with Gasteiger partial charge in [0.2, 0.25) is 11.8 Å². The Morgan fingerprint density at radius 1 is 1.54 bits per heavy atom. The molecule has 13 heavy (non-hydrogen) atoms. The third-order valence-corrected chi connectivity index (χ3v) is 2.54.